The number of nitrogens with zero attached hydrogens (tertiary/aromatic N) is 3. The number of benzene rings is 1. The predicted molar refractivity (Wildman–Crippen MR) is 53.0 cm³/mol. The Hall–Kier alpha value is -1.56. The van der Waals surface area contributed by atoms with E-state index >= 15 is 0 Å². The van der Waals surface area contributed by atoms with E-state index in [-0.39, 0.29) is 10.5 Å². The maximum Gasteiger partial charge on any atom is 0.264 e. The minimum absolute atomic E-state index is 0.0193. The van der Waals surface area contributed by atoms with Crippen LogP contribution in [-0.4, -0.2) is 13.7 Å². The minimum Gasteiger partial charge on any atom is -0.276 e. The van der Waals surface area contributed by atoms with E-state index in [1.807, 2.05) is 0 Å². The van der Waals surface area contributed by atoms with Gasteiger partial charge in [-0.15, -0.1) is 0 Å². The quantitative estimate of drug-likeness (QED) is 0.352. The van der Waals surface area contributed by atoms with E-state index in [0.29, 0.717) is 0 Å². The molecule has 0 N–H and O–H groups in total. The Morgan fingerprint density at radius 3 is 2.67 bits per heavy atom. The van der Waals surface area contributed by atoms with Crippen LogP contribution < -0.4 is 0 Å². The molecular weight excluding hydrogens is 242 g/mol. The van der Waals surface area contributed by atoms with Crippen LogP contribution in [0.4, 0.5) is 0 Å². The van der Waals surface area contributed by atoms with Gasteiger partial charge < -0.3 is 0 Å². The van der Waals surface area contributed by atoms with Gasteiger partial charge in [-0.1, -0.05) is 12.1 Å². The summed E-state index contributed by atoms with van der Waals surface area (Å²) in [6.07, 6.45) is 0. The highest BCUT2D eigenvalue weighted by Crippen LogP contribution is 2.15. The molecule has 78 valence electrons. The second kappa shape index (κ2) is 4.31. The summed E-state index contributed by atoms with van der Waals surface area (Å²) < 4.78 is 25.1. The Morgan fingerprint density at radius 2 is 2.13 bits per heavy atom. The van der Waals surface area contributed by atoms with Gasteiger partial charge in [-0.2, -0.15) is 0 Å². The molecule has 0 atom stereocenters. The number of sulfonamides is 1. The first-order valence-electron chi connectivity index (χ1n) is 3.58. The van der Waals surface area contributed by atoms with Crippen LogP contribution >= 0.6 is 11.6 Å². The lowest BCUT2D eigenvalue weighted by Gasteiger charge is -1.98. The smallest absolute Gasteiger partial charge is 0.264 e. The monoisotopic (exact) mass is 245 g/mol. The summed E-state index contributed by atoms with van der Waals surface area (Å²) in [6, 6.07) is 4.92. The second-order valence-corrected chi connectivity index (χ2v) is 4.38. The maximum absolute atomic E-state index is 11.2. The summed E-state index contributed by atoms with van der Waals surface area (Å²) in [7, 11) is -4.07. The van der Waals surface area contributed by atoms with Crippen molar-refractivity contribution in [3.8, 4) is 0 Å². The summed E-state index contributed by atoms with van der Waals surface area (Å²) in [5.74, 6) is 0. The molecule has 0 saturated heterocycles. The van der Waals surface area contributed by atoms with Crippen molar-refractivity contribution in [3.05, 3.63) is 40.3 Å². The van der Waals surface area contributed by atoms with Crippen LogP contribution in [0.25, 0.3) is 10.4 Å². The van der Waals surface area contributed by atoms with Crippen molar-refractivity contribution in [1.29, 1.82) is 0 Å². The predicted octanol–water partition coefficient (Wildman–Crippen LogP) is 2.06. The minimum atomic E-state index is -4.07. The van der Waals surface area contributed by atoms with Crippen LogP contribution in [0.1, 0.15) is 10.4 Å². The van der Waals surface area contributed by atoms with Gasteiger partial charge in [-0.3, -0.25) is 4.79 Å². The van der Waals surface area contributed by atoms with E-state index in [0.717, 1.165) is 6.07 Å². The second-order valence-electron chi connectivity index (χ2n) is 2.45. The molecule has 0 saturated carbocycles. The van der Waals surface area contributed by atoms with Crippen molar-refractivity contribution in [1.82, 2.24) is 0 Å². The van der Waals surface area contributed by atoms with E-state index in [1.54, 1.807) is 0 Å². The largest absolute Gasteiger partial charge is 0.276 e. The van der Waals surface area contributed by atoms with Crippen LogP contribution in [0.15, 0.2) is 33.7 Å². The Kier molecular flexibility index (Phi) is 3.31. The molecule has 0 radical (unpaired) electrons. The zero-order valence-electron chi connectivity index (χ0n) is 7.16. The fourth-order valence-electron chi connectivity index (χ4n) is 0.874. The number of azide groups is 1. The van der Waals surface area contributed by atoms with Gasteiger partial charge in [0.2, 0.25) is 0 Å². The molecule has 1 aromatic rings. The van der Waals surface area contributed by atoms with Crippen LogP contribution in [0, 0.1) is 0 Å². The molecule has 8 heteroatoms. The average Bonchev–Trinajstić information content (AvgIpc) is 2.18. The van der Waals surface area contributed by atoms with E-state index in [9.17, 15) is 13.2 Å². The summed E-state index contributed by atoms with van der Waals surface area (Å²) in [4.78, 5) is 12.7. The highest BCUT2D eigenvalue weighted by Gasteiger charge is 2.13. The Morgan fingerprint density at radius 1 is 1.47 bits per heavy atom. The standard InChI is InChI=1S/C7H4ClN3O3S/c8-7(12)5-2-1-3-6(4-5)15(13,14)11-10-9/h1-4H. The third-order valence-corrected chi connectivity index (χ3v) is 2.86. The summed E-state index contributed by atoms with van der Waals surface area (Å²) in [6.45, 7) is 0. The summed E-state index contributed by atoms with van der Waals surface area (Å²) >= 11 is 5.17. The van der Waals surface area contributed by atoms with Crippen molar-refractivity contribution in [3.63, 3.8) is 0 Å². The number of halogens is 1. The summed E-state index contributed by atoms with van der Waals surface area (Å²) in [5, 5.41) is -0.784. The van der Waals surface area contributed by atoms with Crippen LogP contribution in [0.5, 0.6) is 0 Å². The first-order valence-corrected chi connectivity index (χ1v) is 5.40. The molecule has 6 nitrogen and oxygen atoms in total. The van der Waals surface area contributed by atoms with Gasteiger partial charge >= 0.3 is 0 Å². The molecule has 1 rings (SSSR count). The third kappa shape index (κ3) is 2.69. The van der Waals surface area contributed by atoms with Gasteiger partial charge in [0.25, 0.3) is 15.3 Å². The number of carbonyl (C=O) groups excluding carboxylic acids is 1. The molecule has 0 aromatic heterocycles. The van der Waals surface area contributed by atoms with Gasteiger partial charge in [0.05, 0.1) is 4.90 Å². The van der Waals surface area contributed by atoms with E-state index in [2.05, 4.69) is 9.43 Å². The van der Waals surface area contributed by atoms with Crippen molar-refractivity contribution in [2.24, 2.45) is 4.52 Å². The number of hydrogen-bond acceptors (Lipinski definition) is 3. The highest BCUT2D eigenvalue weighted by molar-refractivity contribution is 7.90. The lowest BCUT2D eigenvalue weighted by Crippen LogP contribution is -1.97. The van der Waals surface area contributed by atoms with Crippen molar-refractivity contribution < 1.29 is 13.2 Å². The van der Waals surface area contributed by atoms with Crippen LogP contribution in [-0.2, 0) is 10.0 Å². The van der Waals surface area contributed by atoms with Gasteiger partial charge in [-0.05, 0) is 29.3 Å². The molecule has 0 aliphatic carbocycles. The number of hydrogen-bond donors (Lipinski definition) is 0. The fourth-order valence-corrected chi connectivity index (χ4v) is 1.71. The number of rotatable bonds is 3. The maximum atomic E-state index is 11.2. The molecule has 0 aliphatic rings. The molecule has 0 amide bonds. The molecule has 0 fully saturated rings. The fraction of sp³-hybridized carbons (Fsp3) is 0. The lowest BCUT2D eigenvalue weighted by molar-refractivity contribution is 0.108. The van der Waals surface area contributed by atoms with E-state index < -0.39 is 15.3 Å². The lowest BCUT2D eigenvalue weighted by atomic mass is 10.2. The van der Waals surface area contributed by atoms with Gasteiger partial charge in [-0.25, -0.2) is 8.42 Å². The van der Waals surface area contributed by atoms with Crippen LogP contribution in [0.2, 0.25) is 0 Å². The molecule has 15 heavy (non-hydrogen) atoms. The SMILES string of the molecule is [N-]=[N+]=NS(=O)(=O)c1cccc(C(=O)Cl)c1. The molecule has 0 unspecified atom stereocenters. The average molecular weight is 246 g/mol. The van der Waals surface area contributed by atoms with E-state index in [1.165, 1.54) is 18.2 Å². The molecular formula is C7H4ClN3O3S. The third-order valence-electron chi connectivity index (χ3n) is 1.50. The van der Waals surface area contributed by atoms with Gasteiger partial charge in [0.15, 0.2) is 0 Å². The van der Waals surface area contributed by atoms with Crippen molar-refractivity contribution in [2.75, 3.05) is 0 Å². The molecule has 1 aromatic carbocycles. The first kappa shape index (κ1) is 11.5. The molecule has 0 aliphatic heterocycles. The molecule has 0 heterocycles. The van der Waals surface area contributed by atoms with Crippen molar-refractivity contribution >= 4 is 26.9 Å². The van der Waals surface area contributed by atoms with Gasteiger partial charge in [0.1, 0.15) is 0 Å². The Bertz CT molecular complexity index is 548. The van der Waals surface area contributed by atoms with Crippen LogP contribution in [0.3, 0.4) is 0 Å². The van der Waals surface area contributed by atoms with Gasteiger partial charge in [0, 0.05) is 15.0 Å². The molecule has 0 spiro atoms. The Labute approximate surface area is 90.2 Å². The first-order chi connectivity index (χ1) is 6.97. The topological polar surface area (TPSA) is 100.0 Å². The molecule has 0 bridgehead atoms. The highest BCUT2D eigenvalue weighted by atomic mass is 35.5. The Balaban J connectivity index is 3.34. The number of carbonyl (C=O) groups is 1. The zero-order chi connectivity index (χ0) is 11.5. The van der Waals surface area contributed by atoms with Crippen molar-refractivity contribution in [2.45, 2.75) is 4.90 Å². The van der Waals surface area contributed by atoms with E-state index in [4.69, 9.17) is 17.1 Å². The zero-order valence-corrected chi connectivity index (χ0v) is 8.73. The summed E-state index contributed by atoms with van der Waals surface area (Å²) in [5.41, 5.74) is 8.05. The normalized spacial score (nSPS) is 10.5.